The van der Waals surface area contributed by atoms with Crippen LogP contribution in [0, 0.1) is 6.92 Å². The van der Waals surface area contributed by atoms with E-state index in [9.17, 15) is 4.79 Å². The predicted octanol–water partition coefficient (Wildman–Crippen LogP) is 2.87. The van der Waals surface area contributed by atoms with Crippen LogP contribution in [-0.2, 0) is 4.79 Å². The number of nitrogens with zero attached hydrogens (tertiary/aromatic N) is 2. The van der Waals surface area contributed by atoms with Gasteiger partial charge in [-0.3, -0.25) is 4.79 Å². The summed E-state index contributed by atoms with van der Waals surface area (Å²) < 4.78 is 2.27. The predicted molar refractivity (Wildman–Crippen MR) is 68.8 cm³/mol. The van der Waals surface area contributed by atoms with Crippen molar-refractivity contribution in [2.75, 3.05) is 0 Å². The van der Waals surface area contributed by atoms with Crippen molar-refractivity contribution in [3.63, 3.8) is 0 Å². The Morgan fingerprint density at radius 2 is 2.22 bits per heavy atom. The quantitative estimate of drug-likeness (QED) is 0.903. The van der Waals surface area contributed by atoms with Crippen molar-refractivity contribution in [1.29, 1.82) is 0 Å². The van der Waals surface area contributed by atoms with E-state index in [2.05, 4.69) is 9.55 Å². The topological polar surface area (TPSA) is 55.1 Å². The van der Waals surface area contributed by atoms with Crippen LogP contribution in [0.2, 0.25) is 0 Å². The van der Waals surface area contributed by atoms with Crippen LogP contribution in [0.5, 0.6) is 0 Å². The van der Waals surface area contributed by atoms with E-state index in [1.807, 2.05) is 25.1 Å². The van der Waals surface area contributed by atoms with Crippen LogP contribution in [-0.4, -0.2) is 20.6 Å². The summed E-state index contributed by atoms with van der Waals surface area (Å²) in [6, 6.07) is 6.40. The highest BCUT2D eigenvalue weighted by Crippen LogP contribution is 2.38. The van der Waals surface area contributed by atoms with Crippen molar-refractivity contribution < 1.29 is 9.90 Å². The number of benzene rings is 1. The Bertz CT molecular complexity index is 626. The minimum absolute atomic E-state index is 0.485. The second-order valence-corrected chi connectivity index (χ2v) is 5.07. The minimum atomic E-state index is -0.798. The van der Waals surface area contributed by atoms with Crippen molar-refractivity contribution in [3.05, 3.63) is 29.6 Å². The summed E-state index contributed by atoms with van der Waals surface area (Å²) >= 11 is 0. The van der Waals surface area contributed by atoms with Gasteiger partial charge >= 0.3 is 5.97 Å². The third kappa shape index (κ3) is 1.68. The van der Waals surface area contributed by atoms with E-state index in [1.165, 1.54) is 12.8 Å². The molecule has 1 heterocycles. The number of carboxylic acids is 1. The lowest BCUT2D eigenvalue weighted by Gasteiger charge is -2.07. The third-order valence-corrected chi connectivity index (χ3v) is 3.67. The molecule has 0 aliphatic heterocycles. The number of aryl methyl sites for hydroxylation is 1. The van der Waals surface area contributed by atoms with Crippen molar-refractivity contribution in [3.8, 4) is 0 Å². The van der Waals surface area contributed by atoms with Gasteiger partial charge in [0, 0.05) is 6.04 Å². The van der Waals surface area contributed by atoms with Crippen molar-refractivity contribution in [2.45, 2.75) is 38.6 Å². The largest absolute Gasteiger partial charge is 0.481 e. The molecule has 3 rings (SSSR count). The first-order chi connectivity index (χ1) is 8.58. The Balaban J connectivity index is 2.11. The van der Waals surface area contributed by atoms with Crippen LogP contribution in [0.4, 0.5) is 0 Å². The van der Waals surface area contributed by atoms with Gasteiger partial charge in [0.25, 0.3) is 0 Å². The van der Waals surface area contributed by atoms with Gasteiger partial charge in [0.2, 0.25) is 0 Å². The molecule has 94 valence electrons. The molecule has 1 aromatic carbocycles. The van der Waals surface area contributed by atoms with Crippen molar-refractivity contribution in [1.82, 2.24) is 9.55 Å². The molecule has 0 bridgehead atoms. The molecular formula is C14H16N2O2. The lowest BCUT2D eigenvalue weighted by atomic mass is 10.0. The SMILES string of the molecule is Cc1nc2cc(C(C)C(=O)O)ccc2n1C1CC1. The standard InChI is InChI=1S/C14H16N2O2/c1-8(14(17)18)10-3-6-13-12(7-10)15-9(2)16(13)11-4-5-11/h3,6-8,11H,4-5H2,1-2H3,(H,17,18). The molecule has 1 aliphatic carbocycles. The highest BCUT2D eigenvalue weighted by molar-refractivity contribution is 5.81. The number of carbonyl (C=O) groups is 1. The first-order valence-corrected chi connectivity index (χ1v) is 6.29. The van der Waals surface area contributed by atoms with Crippen molar-refractivity contribution in [2.24, 2.45) is 0 Å². The van der Waals surface area contributed by atoms with E-state index in [1.54, 1.807) is 6.92 Å². The van der Waals surface area contributed by atoms with Gasteiger partial charge in [-0.15, -0.1) is 0 Å². The second kappa shape index (κ2) is 3.83. The number of aromatic nitrogens is 2. The Morgan fingerprint density at radius 3 is 2.83 bits per heavy atom. The van der Waals surface area contributed by atoms with Gasteiger partial charge in [-0.1, -0.05) is 6.07 Å². The summed E-state index contributed by atoms with van der Waals surface area (Å²) in [5.74, 6) is -0.263. The molecule has 0 radical (unpaired) electrons. The lowest BCUT2D eigenvalue weighted by molar-refractivity contribution is -0.138. The monoisotopic (exact) mass is 244 g/mol. The number of imidazole rings is 1. The zero-order chi connectivity index (χ0) is 12.9. The van der Waals surface area contributed by atoms with E-state index in [4.69, 9.17) is 5.11 Å². The summed E-state index contributed by atoms with van der Waals surface area (Å²) in [4.78, 5) is 15.5. The highest BCUT2D eigenvalue weighted by atomic mass is 16.4. The molecule has 4 heteroatoms. The second-order valence-electron chi connectivity index (χ2n) is 5.07. The molecule has 0 amide bonds. The maximum absolute atomic E-state index is 11.0. The summed E-state index contributed by atoms with van der Waals surface area (Å²) in [6.07, 6.45) is 2.44. The van der Waals surface area contributed by atoms with Gasteiger partial charge in [-0.05, 0) is 44.4 Å². The number of hydrogen-bond acceptors (Lipinski definition) is 2. The van der Waals surface area contributed by atoms with Gasteiger partial charge < -0.3 is 9.67 Å². The fourth-order valence-corrected chi connectivity index (χ4v) is 2.44. The summed E-state index contributed by atoms with van der Waals surface area (Å²) in [6.45, 7) is 3.72. The Labute approximate surface area is 105 Å². The molecule has 1 aromatic heterocycles. The zero-order valence-electron chi connectivity index (χ0n) is 10.6. The van der Waals surface area contributed by atoms with Crippen LogP contribution in [0.3, 0.4) is 0 Å². The van der Waals surface area contributed by atoms with Gasteiger partial charge in [-0.25, -0.2) is 4.98 Å². The molecule has 18 heavy (non-hydrogen) atoms. The van der Waals surface area contributed by atoms with Gasteiger partial charge in [0.05, 0.1) is 17.0 Å². The summed E-state index contributed by atoms with van der Waals surface area (Å²) in [7, 11) is 0. The number of aliphatic carboxylic acids is 1. The molecule has 4 nitrogen and oxygen atoms in total. The number of rotatable bonds is 3. The zero-order valence-corrected chi connectivity index (χ0v) is 10.6. The number of carboxylic acid groups (broad SMARTS) is 1. The fourth-order valence-electron chi connectivity index (χ4n) is 2.44. The minimum Gasteiger partial charge on any atom is -0.481 e. The van der Waals surface area contributed by atoms with E-state index in [-0.39, 0.29) is 0 Å². The third-order valence-electron chi connectivity index (χ3n) is 3.67. The molecule has 0 spiro atoms. The Hall–Kier alpha value is -1.84. The van der Waals surface area contributed by atoms with Gasteiger partial charge in [0.15, 0.2) is 0 Å². The van der Waals surface area contributed by atoms with E-state index >= 15 is 0 Å². The average Bonchev–Trinajstić information content (AvgIpc) is 3.10. The molecule has 1 unspecified atom stereocenters. The molecule has 1 saturated carbocycles. The number of fused-ring (bicyclic) bond motifs is 1. The molecule has 1 atom stereocenters. The summed E-state index contributed by atoms with van der Waals surface area (Å²) in [5.41, 5.74) is 2.84. The van der Waals surface area contributed by atoms with Gasteiger partial charge in [-0.2, -0.15) is 0 Å². The van der Waals surface area contributed by atoms with Crippen molar-refractivity contribution >= 4 is 17.0 Å². The Kier molecular flexibility index (Phi) is 2.40. The van der Waals surface area contributed by atoms with Crippen LogP contribution in [0.15, 0.2) is 18.2 Å². The van der Waals surface area contributed by atoms with Crippen LogP contribution < -0.4 is 0 Å². The first kappa shape index (κ1) is 11.3. The highest BCUT2D eigenvalue weighted by Gasteiger charge is 2.27. The average molecular weight is 244 g/mol. The molecular weight excluding hydrogens is 228 g/mol. The molecule has 1 N–H and O–H groups in total. The van der Waals surface area contributed by atoms with Crippen LogP contribution in [0.25, 0.3) is 11.0 Å². The maximum atomic E-state index is 11.0. The Morgan fingerprint density at radius 1 is 1.50 bits per heavy atom. The molecule has 1 fully saturated rings. The fraction of sp³-hybridized carbons (Fsp3) is 0.429. The van der Waals surface area contributed by atoms with E-state index < -0.39 is 11.9 Å². The summed E-state index contributed by atoms with van der Waals surface area (Å²) in [5, 5.41) is 9.04. The molecule has 0 saturated heterocycles. The smallest absolute Gasteiger partial charge is 0.310 e. The number of hydrogen-bond donors (Lipinski definition) is 1. The van der Waals surface area contributed by atoms with E-state index in [0.717, 1.165) is 22.4 Å². The van der Waals surface area contributed by atoms with Crippen LogP contribution >= 0.6 is 0 Å². The van der Waals surface area contributed by atoms with Gasteiger partial charge in [0.1, 0.15) is 5.82 Å². The lowest BCUT2D eigenvalue weighted by Crippen LogP contribution is -2.07. The first-order valence-electron chi connectivity index (χ1n) is 6.29. The van der Waals surface area contributed by atoms with E-state index in [0.29, 0.717) is 6.04 Å². The van der Waals surface area contributed by atoms with Crippen LogP contribution in [0.1, 0.15) is 43.1 Å². The molecule has 2 aromatic rings. The maximum Gasteiger partial charge on any atom is 0.310 e. The molecule has 1 aliphatic rings. The normalized spacial score (nSPS) is 17.0.